The van der Waals surface area contributed by atoms with E-state index in [2.05, 4.69) is 17.0 Å². The predicted octanol–water partition coefficient (Wildman–Crippen LogP) is 1.10. The van der Waals surface area contributed by atoms with Crippen molar-refractivity contribution in [1.29, 1.82) is 0 Å². The predicted molar refractivity (Wildman–Crippen MR) is 83.3 cm³/mol. The van der Waals surface area contributed by atoms with Gasteiger partial charge in [-0.25, -0.2) is 0 Å². The normalized spacial score (nSPS) is 24.2. The Bertz CT molecular complexity index is 578. The second kappa shape index (κ2) is 6.37. The van der Waals surface area contributed by atoms with Crippen molar-refractivity contribution in [2.45, 2.75) is 13.0 Å². The highest BCUT2D eigenvalue weighted by Gasteiger charge is 2.30. The van der Waals surface area contributed by atoms with Crippen LogP contribution in [0.1, 0.15) is 12.0 Å². The van der Waals surface area contributed by atoms with Gasteiger partial charge in [-0.05, 0) is 24.1 Å². The van der Waals surface area contributed by atoms with Crippen molar-refractivity contribution in [1.82, 2.24) is 9.80 Å². The van der Waals surface area contributed by atoms with Crippen molar-refractivity contribution in [3.8, 4) is 11.5 Å². The summed E-state index contributed by atoms with van der Waals surface area (Å²) in [6.45, 7) is 5.94. The largest absolute Gasteiger partial charge is 0.454 e. The van der Waals surface area contributed by atoms with E-state index in [1.807, 2.05) is 11.0 Å². The highest BCUT2D eigenvalue weighted by molar-refractivity contribution is 5.79. The molecule has 3 aliphatic rings. The molecule has 6 heteroatoms. The first kappa shape index (κ1) is 14.8. The molecule has 0 unspecified atom stereocenters. The quantitative estimate of drug-likeness (QED) is 0.835. The molecule has 3 aliphatic heterocycles. The molecule has 0 radical (unpaired) electrons. The van der Waals surface area contributed by atoms with Gasteiger partial charge in [-0.1, -0.05) is 6.07 Å². The fourth-order valence-electron chi connectivity index (χ4n) is 3.41. The lowest BCUT2D eigenvalue weighted by atomic mass is 10.1. The molecule has 0 saturated carbocycles. The summed E-state index contributed by atoms with van der Waals surface area (Å²) < 4.78 is 16.1. The molecule has 1 amide bonds. The van der Waals surface area contributed by atoms with Crippen LogP contribution in [0.15, 0.2) is 18.2 Å². The van der Waals surface area contributed by atoms with Crippen LogP contribution in [0.3, 0.4) is 0 Å². The molecule has 2 saturated heterocycles. The van der Waals surface area contributed by atoms with Gasteiger partial charge in [0.05, 0.1) is 12.5 Å². The minimum absolute atomic E-state index is 0.0791. The Hall–Kier alpha value is -1.79. The van der Waals surface area contributed by atoms with Crippen molar-refractivity contribution < 1.29 is 19.0 Å². The third kappa shape index (κ3) is 3.14. The molecule has 3 heterocycles. The van der Waals surface area contributed by atoms with E-state index in [0.29, 0.717) is 13.4 Å². The first-order chi connectivity index (χ1) is 11.3. The minimum atomic E-state index is 0.0791. The van der Waals surface area contributed by atoms with Gasteiger partial charge in [0.25, 0.3) is 0 Å². The van der Waals surface area contributed by atoms with Gasteiger partial charge in [-0.15, -0.1) is 0 Å². The van der Waals surface area contributed by atoms with Gasteiger partial charge in [0.15, 0.2) is 11.5 Å². The molecule has 124 valence electrons. The van der Waals surface area contributed by atoms with E-state index < -0.39 is 0 Å². The van der Waals surface area contributed by atoms with Crippen molar-refractivity contribution in [2.75, 3.05) is 46.2 Å². The van der Waals surface area contributed by atoms with E-state index in [-0.39, 0.29) is 11.8 Å². The van der Waals surface area contributed by atoms with Gasteiger partial charge in [-0.3, -0.25) is 9.69 Å². The van der Waals surface area contributed by atoms with Crippen molar-refractivity contribution in [3.05, 3.63) is 23.8 Å². The minimum Gasteiger partial charge on any atom is -0.454 e. The smallest absolute Gasteiger partial charge is 0.231 e. The van der Waals surface area contributed by atoms with Crippen LogP contribution in [0.5, 0.6) is 11.5 Å². The number of carbonyl (C=O) groups is 1. The number of fused-ring (bicyclic) bond motifs is 1. The summed E-state index contributed by atoms with van der Waals surface area (Å²) in [5.74, 6) is 2.00. The molecule has 2 fully saturated rings. The SMILES string of the molecule is O=C([C@@H]1CCOC1)N1CCN(Cc2ccc3c(c2)OCO3)CC1. The Labute approximate surface area is 135 Å². The number of hydrogen-bond acceptors (Lipinski definition) is 5. The van der Waals surface area contributed by atoms with Gasteiger partial charge in [0.2, 0.25) is 12.7 Å². The molecule has 0 spiro atoms. The van der Waals surface area contributed by atoms with Crippen molar-refractivity contribution in [2.24, 2.45) is 5.92 Å². The number of benzene rings is 1. The number of rotatable bonds is 3. The summed E-state index contributed by atoms with van der Waals surface area (Å²) >= 11 is 0. The fourth-order valence-corrected chi connectivity index (χ4v) is 3.41. The summed E-state index contributed by atoms with van der Waals surface area (Å²) in [5.41, 5.74) is 1.22. The number of hydrogen-bond donors (Lipinski definition) is 0. The van der Waals surface area contributed by atoms with Crippen LogP contribution >= 0.6 is 0 Å². The van der Waals surface area contributed by atoms with Gasteiger partial charge in [0.1, 0.15) is 0 Å². The number of carbonyl (C=O) groups excluding carboxylic acids is 1. The van der Waals surface area contributed by atoms with E-state index in [1.165, 1.54) is 5.56 Å². The van der Waals surface area contributed by atoms with Crippen LogP contribution in [-0.4, -0.2) is 61.9 Å². The summed E-state index contributed by atoms with van der Waals surface area (Å²) in [6, 6.07) is 6.11. The Kier molecular flexibility index (Phi) is 4.10. The summed E-state index contributed by atoms with van der Waals surface area (Å²) in [5, 5.41) is 0. The zero-order valence-electron chi connectivity index (χ0n) is 13.2. The van der Waals surface area contributed by atoms with Gasteiger partial charge < -0.3 is 19.1 Å². The molecule has 0 bridgehead atoms. The highest BCUT2D eigenvalue weighted by Crippen LogP contribution is 2.32. The van der Waals surface area contributed by atoms with Gasteiger partial charge >= 0.3 is 0 Å². The molecule has 0 aliphatic carbocycles. The average Bonchev–Trinajstić information content (AvgIpc) is 3.26. The molecule has 6 nitrogen and oxygen atoms in total. The van der Waals surface area contributed by atoms with E-state index in [4.69, 9.17) is 14.2 Å². The molecule has 1 atom stereocenters. The van der Waals surface area contributed by atoms with Crippen molar-refractivity contribution >= 4 is 5.91 Å². The maximum atomic E-state index is 12.4. The fraction of sp³-hybridized carbons (Fsp3) is 0.588. The van der Waals surface area contributed by atoms with Crippen molar-refractivity contribution in [3.63, 3.8) is 0 Å². The zero-order chi connectivity index (χ0) is 15.6. The molecule has 1 aromatic rings. The molecule has 1 aromatic carbocycles. The lowest BCUT2D eigenvalue weighted by Gasteiger charge is -2.35. The summed E-state index contributed by atoms with van der Waals surface area (Å²) in [6.07, 6.45) is 0.871. The lowest BCUT2D eigenvalue weighted by Crippen LogP contribution is -2.50. The van der Waals surface area contributed by atoms with E-state index in [0.717, 1.165) is 57.3 Å². The first-order valence-corrected chi connectivity index (χ1v) is 8.27. The molecular formula is C17H22N2O4. The molecule has 0 aromatic heterocycles. The lowest BCUT2D eigenvalue weighted by molar-refractivity contribution is -0.137. The van der Waals surface area contributed by atoms with Crippen LogP contribution in [0.4, 0.5) is 0 Å². The summed E-state index contributed by atoms with van der Waals surface area (Å²) in [4.78, 5) is 16.8. The highest BCUT2D eigenvalue weighted by atomic mass is 16.7. The average molecular weight is 318 g/mol. The number of piperazine rings is 1. The number of amides is 1. The number of nitrogens with zero attached hydrogens (tertiary/aromatic N) is 2. The molecular weight excluding hydrogens is 296 g/mol. The Morgan fingerprint density at radius 1 is 1.13 bits per heavy atom. The monoisotopic (exact) mass is 318 g/mol. The van der Waals surface area contributed by atoms with Gasteiger partial charge in [0, 0.05) is 39.3 Å². The van der Waals surface area contributed by atoms with Gasteiger partial charge in [-0.2, -0.15) is 0 Å². The Morgan fingerprint density at radius 2 is 1.96 bits per heavy atom. The van der Waals surface area contributed by atoms with E-state index in [9.17, 15) is 4.79 Å². The molecule has 0 N–H and O–H groups in total. The first-order valence-electron chi connectivity index (χ1n) is 8.27. The Morgan fingerprint density at radius 3 is 2.74 bits per heavy atom. The van der Waals surface area contributed by atoms with E-state index in [1.54, 1.807) is 0 Å². The maximum absolute atomic E-state index is 12.4. The van der Waals surface area contributed by atoms with Crippen LogP contribution in [0.2, 0.25) is 0 Å². The molecule has 23 heavy (non-hydrogen) atoms. The topological polar surface area (TPSA) is 51.2 Å². The second-order valence-corrected chi connectivity index (χ2v) is 6.35. The van der Waals surface area contributed by atoms with Crippen LogP contribution in [0.25, 0.3) is 0 Å². The third-order valence-electron chi connectivity index (χ3n) is 4.81. The Balaban J connectivity index is 1.30. The second-order valence-electron chi connectivity index (χ2n) is 6.35. The van der Waals surface area contributed by atoms with E-state index >= 15 is 0 Å². The van der Waals surface area contributed by atoms with Crippen LogP contribution < -0.4 is 9.47 Å². The van der Waals surface area contributed by atoms with Crippen LogP contribution in [0, 0.1) is 5.92 Å². The third-order valence-corrected chi connectivity index (χ3v) is 4.81. The zero-order valence-corrected chi connectivity index (χ0v) is 13.2. The molecule has 4 rings (SSSR count). The van der Waals surface area contributed by atoms with Crippen LogP contribution in [-0.2, 0) is 16.1 Å². The number of ether oxygens (including phenoxy) is 3. The standard InChI is InChI=1S/C17H22N2O4/c20-17(14-3-8-21-11-14)19-6-4-18(5-7-19)10-13-1-2-15-16(9-13)23-12-22-15/h1-2,9,14H,3-8,10-12H2/t14-/m1/s1. The summed E-state index contributed by atoms with van der Waals surface area (Å²) in [7, 11) is 0. The maximum Gasteiger partial charge on any atom is 0.231 e.